The average Bonchev–Trinajstić information content (AvgIpc) is 3.22. The van der Waals surface area contributed by atoms with Gasteiger partial charge in [0.05, 0.1) is 6.61 Å². The molecule has 2 fully saturated rings. The standard InChI is InChI=1S/C17H20F4O2/c18-15-13(10-12-2-1-3-12)6-7-14(16(15)23-17(19,20)21)22-9-8-11-4-5-11/h6-7,11-12H,1-5,8-10H2. The Labute approximate surface area is 132 Å². The average molecular weight is 332 g/mol. The third-order valence-electron chi connectivity index (χ3n) is 4.57. The molecule has 0 spiro atoms. The van der Waals surface area contributed by atoms with Gasteiger partial charge in [0.1, 0.15) is 0 Å². The van der Waals surface area contributed by atoms with Gasteiger partial charge in [-0.25, -0.2) is 4.39 Å². The van der Waals surface area contributed by atoms with Crippen molar-refractivity contribution in [3.05, 3.63) is 23.5 Å². The summed E-state index contributed by atoms with van der Waals surface area (Å²) in [5.41, 5.74) is 0.267. The molecule has 2 nitrogen and oxygen atoms in total. The van der Waals surface area contributed by atoms with Gasteiger partial charge in [0.25, 0.3) is 0 Å². The Kier molecular flexibility index (Phi) is 4.69. The predicted octanol–water partition coefficient (Wildman–Crippen LogP) is 5.25. The minimum Gasteiger partial charge on any atom is -0.490 e. The Morgan fingerprint density at radius 2 is 1.78 bits per heavy atom. The van der Waals surface area contributed by atoms with E-state index in [0.29, 0.717) is 18.3 Å². The Hall–Kier alpha value is -1.46. The highest BCUT2D eigenvalue weighted by atomic mass is 19.4. The second-order valence-corrected chi connectivity index (χ2v) is 6.50. The monoisotopic (exact) mass is 332 g/mol. The Morgan fingerprint density at radius 1 is 1.04 bits per heavy atom. The minimum atomic E-state index is -4.94. The molecule has 0 N–H and O–H groups in total. The molecule has 2 saturated carbocycles. The predicted molar refractivity (Wildman–Crippen MR) is 77.0 cm³/mol. The highest BCUT2D eigenvalue weighted by Crippen LogP contribution is 2.39. The van der Waals surface area contributed by atoms with E-state index in [4.69, 9.17) is 4.74 Å². The summed E-state index contributed by atoms with van der Waals surface area (Å²) in [7, 11) is 0. The van der Waals surface area contributed by atoms with Crippen molar-refractivity contribution < 1.29 is 27.0 Å². The van der Waals surface area contributed by atoms with E-state index in [1.54, 1.807) is 0 Å². The summed E-state index contributed by atoms with van der Waals surface area (Å²) < 4.78 is 61.5. The number of ether oxygens (including phenoxy) is 2. The molecule has 3 rings (SSSR count). The van der Waals surface area contributed by atoms with E-state index in [0.717, 1.165) is 38.5 Å². The third-order valence-corrected chi connectivity index (χ3v) is 4.57. The van der Waals surface area contributed by atoms with Crippen molar-refractivity contribution in [3.63, 3.8) is 0 Å². The van der Waals surface area contributed by atoms with E-state index in [9.17, 15) is 17.6 Å². The van der Waals surface area contributed by atoms with Crippen LogP contribution in [0.2, 0.25) is 0 Å². The molecule has 23 heavy (non-hydrogen) atoms. The van der Waals surface area contributed by atoms with Crippen LogP contribution in [0.4, 0.5) is 17.6 Å². The number of benzene rings is 1. The fraction of sp³-hybridized carbons (Fsp3) is 0.647. The maximum Gasteiger partial charge on any atom is 0.573 e. The van der Waals surface area contributed by atoms with Crippen molar-refractivity contribution in [1.29, 1.82) is 0 Å². The highest BCUT2D eigenvalue weighted by molar-refractivity contribution is 5.45. The van der Waals surface area contributed by atoms with Crippen molar-refractivity contribution in [2.75, 3.05) is 6.61 Å². The van der Waals surface area contributed by atoms with Crippen LogP contribution < -0.4 is 9.47 Å². The van der Waals surface area contributed by atoms with Crippen LogP contribution in [0.25, 0.3) is 0 Å². The lowest BCUT2D eigenvalue weighted by Crippen LogP contribution is -2.20. The molecule has 2 aliphatic carbocycles. The number of alkyl halides is 3. The van der Waals surface area contributed by atoms with E-state index in [1.165, 1.54) is 12.1 Å². The van der Waals surface area contributed by atoms with Gasteiger partial charge < -0.3 is 9.47 Å². The molecule has 2 aliphatic rings. The summed E-state index contributed by atoms with van der Waals surface area (Å²) in [6.45, 7) is 0.278. The van der Waals surface area contributed by atoms with Crippen molar-refractivity contribution in [2.24, 2.45) is 11.8 Å². The summed E-state index contributed by atoms with van der Waals surface area (Å²) in [4.78, 5) is 0. The SMILES string of the molecule is Fc1c(CC2CCC2)ccc(OCCC2CC2)c1OC(F)(F)F. The molecule has 0 atom stereocenters. The second kappa shape index (κ2) is 6.57. The van der Waals surface area contributed by atoms with Crippen LogP contribution in [-0.2, 0) is 6.42 Å². The van der Waals surface area contributed by atoms with Gasteiger partial charge in [-0.3, -0.25) is 0 Å². The molecule has 128 valence electrons. The maximum absolute atomic E-state index is 14.5. The molecule has 0 aliphatic heterocycles. The fourth-order valence-electron chi connectivity index (χ4n) is 2.81. The molecule has 0 heterocycles. The summed E-state index contributed by atoms with van der Waals surface area (Å²) in [5.74, 6) is -1.00. The molecule has 0 saturated heterocycles. The highest BCUT2D eigenvalue weighted by Gasteiger charge is 2.35. The van der Waals surface area contributed by atoms with Crippen LogP contribution in [-0.4, -0.2) is 13.0 Å². The Bertz CT molecular complexity index is 548. The molecular formula is C17H20F4O2. The Balaban J connectivity index is 1.76. The van der Waals surface area contributed by atoms with Gasteiger partial charge in [-0.2, -0.15) is 0 Å². The largest absolute Gasteiger partial charge is 0.573 e. The van der Waals surface area contributed by atoms with E-state index < -0.39 is 17.9 Å². The first-order chi connectivity index (χ1) is 10.9. The molecule has 1 aromatic rings. The van der Waals surface area contributed by atoms with Gasteiger partial charge in [0.2, 0.25) is 5.75 Å². The zero-order valence-corrected chi connectivity index (χ0v) is 12.8. The smallest absolute Gasteiger partial charge is 0.490 e. The molecule has 0 bridgehead atoms. The molecular weight excluding hydrogens is 312 g/mol. The summed E-state index contributed by atoms with van der Waals surface area (Å²) in [6, 6.07) is 2.91. The third kappa shape index (κ3) is 4.52. The number of hydrogen-bond acceptors (Lipinski definition) is 2. The molecule has 6 heteroatoms. The zero-order valence-electron chi connectivity index (χ0n) is 12.8. The van der Waals surface area contributed by atoms with Crippen molar-refractivity contribution in [2.45, 2.75) is 51.3 Å². The lowest BCUT2D eigenvalue weighted by atomic mass is 9.81. The summed E-state index contributed by atoms with van der Waals surface area (Å²) >= 11 is 0. The van der Waals surface area contributed by atoms with Gasteiger partial charge in [0.15, 0.2) is 11.6 Å². The van der Waals surface area contributed by atoms with Gasteiger partial charge in [-0.1, -0.05) is 38.2 Å². The first-order valence-corrected chi connectivity index (χ1v) is 8.12. The molecule has 0 unspecified atom stereocenters. The molecule has 0 radical (unpaired) electrons. The lowest BCUT2D eigenvalue weighted by Gasteiger charge is -2.26. The van der Waals surface area contributed by atoms with Crippen molar-refractivity contribution >= 4 is 0 Å². The van der Waals surface area contributed by atoms with Crippen LogP contribution in [0.1, 0.15) is 44.1 Å². The summed E-state index contributed by atoms with van der Waals surface area (Å²) in [6.07, 6.45) is 1.63. The van der Waals surface area contributed by atoms with Gasteiger partial charge in [-0.15, -0.1) is 13.2 Å². The van der Waals surface area contributed by atoms with Crippen molar-refractivity contribution in [1.82, 2.24) is 0 Å². The molecule has 1 aromatic carbocycles. The maximum atomic E-state index is 14.5. The minimum absolute atomic E-state index is 0.169. The van der Waals surface area contributed by atoms with Gasteiger partial charge in [0, 0.05) is 0 Å². The van der Waals surface area contributed by atoms with Crippen LogP contribution in [0.3, 0.4) is 0 Å². The van der Waals surface area contributed by atoms with Crippen LogP contribution in [0, 0.1) is 17.7 Å². The van der Waals surface area contributed by atoms with Crippen LogP contribution >= 0.6 is 0 Å². The van der Waals surface area contributed by atoms with Gasteiger partial charge in [-0.05, 0) is 36.3 Å². The first-order valence-electron chi connectivity index (χ1n) is 8.12. The second-order valence-electron chi connectivity index (χ2n) is 6.50. The topological polar surface area (TPSA) is 18.5 Å². The van der Waals surface area contributed by atoms with Gasteiger partial charge >= 0.3 is 6.36 Å². The number of hydrogen-bond donors (Lipinski definition) is 0. The molecule has 0 amide bonds. The molecule has 0 aromatic heterocycles. The zero-order chi connectivity index (χ0) is 16.4. The van der Waals surface area contributed by atoms with E-state index in [1.807, 2.05) is 0 Å². The van der Waals surface area contributed by atoms with Crippen LogP contribution in [0.15, 0.2) is 12.1 Å². The Morgan fingerprint density at radius 3 is 2.35 bits per heavy atom. The number of halogens is 4. The first kappa shape index (κ1) is 16.4. The summed E-state index contributed by atoms with van der Waals surface area (Å²) in [5, 5.41) is 0. The quantitative estimate of drug-likeness (QED) is 0.635. The van der Waals surface area contributed by atoms with E-state index in [2.05, 4.69) is 4.74 Å². The normalized spacial score (nSPS) is 18.6. The van der Waals surface area contributed by atoms with E-state index in [-0.39, 0.29) is 17.9 Å². The van der Waals surface area contributed by atoms with E-state index >= 15 is 0 Å². The van der Waals surface area contributed by atoms with Crippen LogP contribution in [0.5, 0.6) is 11.5 Å². The lowest BCUT2D eigenvalue weighted by molar-refractivity contribution is -0.276. The fourth-order valence-corrected chi connectivity index (χ4v) is 2.81. The number of rotatable bonds is 7. The van der Waals surface area contributed by atoms with Crippen molar-refractivity contribution in [3.8, 4) is 11.5 Å².